The molecule has 1 aliphatic rings. The Labute approximate surface area is 92.8 Å². The van der Waals surface area contributed by atoms with Gasteiger partial charge in [-0.15, -0.1) is 6.58 Å². The molecule has 0 saturated carbocycles. The van der Waals surface area contributed by atoms with Gasteiger partial charge in [-0.2, -0.15) is 0 Å². The van der Waals surface area contributed by atoms with Crippen LogP contribution in [0.5, 0.6) is 0 Å². The molecule has 0 aliphatic heterocycles. The molecule has 0 bridgehead atoms. The van der Waals surface area contributed by atoms with Gasteiger partial charge in [-0.05, 0) is 25.3 Å². The van der Waals surface area contributed by atoms with Crippen molar-refractivity contribution >= 4 is 0 Å². The van der Waals surface area contributed by atoms with Gasteiger partial charge in [-0.1, -0.05) is 36.5 Å². The Hall–Kier alpha value is -1.08. The largest absolute Gasteiger partial charge is 0.376 e. The van der Waals surface area contributed by atoms with Crippen LogP contribution in [-0.4, -0.2) is 13.2 Å². The van der Waals surface area contributed by atoms with E-state index in [1.165, 1.54) is 5.57 Å². The minimum Gasteiger partial charge on any atom is -0.376 e. The van der Waals surface area contributed by atoms with Crippen LogP contribution in [0.25, 0.3) is 0 Å². The third-order valence-corrected chi connectivity index (χ3v) is 2.67. The molecule has 0 amide bonds. The van der Waals surface area contributed by atoms with Gasteiger partial charge < -0.3 is 4.74 Å². The summed E-state index contributed by atoms with van der Waals surface area (Å²) in [6.07, 6.45) is 15.1. The molecule has 0 spiro atoms. The predicted molar refractivity (Wildman–Crippen MR) is 65.8 cm³/mol. The van der Waals surface area contributed by atoms with Crippen LogP contribution >= 0.6 is 0 Å². The lowest BCUT2D eigenvalue weighted by atomic mass is 9.89. The quantitative estimate of drug-likeness (QED) is 0.621. The summed E-state index contributed by atoms with van der Waals surface area (Å²) >= 11 is 0. The Kier molecular flexibility index (Phi) is 5.13. The zero-order chi connectivity index (χ0) is 11.1. The summed E-state index contributed by atoms with van der Waals surface area (Å²) in [5.41, 5.74) is 1.32. The summed E-state index contributed by atoms with van der Waals surface area (Å²) in [7, 11) is 1.74. The van der Waals surface area contributed by atoms with Gasteiger partial charge in [-0.3, -0.25) is 0 Å². The number of hydrogen-bond acceptors (Lipinski definition) is 1. The molecule has 0 heterocycles. The van der Waals surface area contributed by atoms with Crippen LogP contribution in [0.4, 0.5) is 0 Å². The van der Waals surface area contributed by atoms with Crippen molar-refractivity contribution in [1.82, 2.24) is 0 Å². The van der Waals surface area contributed by atoms with Crippen molar-refractivity contribution in [3.05, 3.63) is 48.6 Å². The number of ether oxygens (including phenoxy) is 1. The molecule has 2 unspecified atom stereocenters. The average Bonchev–Trinajstić information content (AvgIpc) is 2.30. The minimum absolute atomic E-state index is 0.0986. The summed E-state index contributed by atoms with van der Waals surface area (Å²) in [6.45, 7) is 5.91. The maximum atomic E-state index is 5.46. The Balaban J connectivity index is 2.81. The van der Waals surface area contributed by atoms with Gasteiger partial charge in [0.25, 0.3) is 0 Å². The van der Waals surface area contributed by atoms with E-state index in [9.17, 15) is 0 Å². The number of rotatable bonds is 5. The van der Waals surface area contributed by atoms with E-state index in [2.05, 4.69) is 30.9 Å². The van der Waals surface area contributed by atoms with E-state index in [0.717, 1.165) is 12.8 Å². The van der Waals surface area contributed by atoms with E-state index in [4.69, 9.17) is 4.74 Å². The molecule has 0 N–H and O–H groups in total. The number of methoxy groups -OCH3 is 1. The SMILES string of the molecule is C=CC(C1=CCCC=C1)C(C=CC)OC. The van der Waals surface area contributed by atoms with Crippen molar-refractivity contribution in [2.75, 3.05) is 7.11 Å². The zero-order valence-corrected chi connectivity index (χ0v) is 9.65. The first-order chi connectivity index (χ1) is 7.33. The smallest absolute Gasteiger partial charge is 0.0854 e. The summed E-state index contributed by atoms with van der Waals surface area (Å²) in [5, 5.41) is 0. The van der Waals surface area contributed by atoms with E-state index in [1.807, 2.05) is 19.1 Å². The molecule has 2 atom stereocenters. The van der Waals surface area contributed by atoms with Gasteiger partial charge in [0, 0.05) is 13.0 Å². The summed E-state index contributed by atoms with van der Waals surface area (Å²) in [6, 6.07) is 0. The van der Waals surface area contributed by atoms with E-state index in [-0.39, 0.29) is 12.0 Å². The molecule has 0 aromatic carbocycles. The second kappa shape index (κ2) is 6.41. The van der Waals surface area contributed by atoms with E-state index in [0.29, 0.717) is 0 Å². The summed E-state index contributed by atoms with van der Waals surface area (Å²) < 4.78 is 5.46. The van der Waals surface area contributed by atoms with Crippen molar-refractivity contribution in [1.29, 1.82) is 0 Å². The number of allylic oxidation sites excluding steroid dienone is 4. The Morgan fingerprint density at radius 3 is 2.73 bits per heavy atom. The van der Waals surface area contributed by atoms with Crippen molar-refractivity contribution in [3.63, 3.8) is 0 Å². The highest BCUT2D eigenvalue weighted by Gasteiger charge is 2.18. The summed E-state index contributed by atoms with van der Waals surface area (Å²) in [4.78, 5) is 0. The molecule has 1 rings (SSSR count). The third-order valence-electron chi connectivity index (χ3n) is 2.67. The number of hydrogen-bond donors (Lipinski definition) is 0. The van der Waals surface area contributed by atoms with Gasteiger partial charge in [0.2, 0.25) is 0 Å². The van der Waals surface area contributed by atoms with Crippen molar-refractivity contribution in [2.45, 2.75) is 25.9 Å². The highest BCUT2D eigenvalue weighted by atomic mass is 16.5. The van der Waals surface area contributed by atoms with Crippen LogP contribution in [0.3, 0.4) is 0 Å². The predicted octanol–water partition coefficient (Wildman–Crippen LogP) is 3.66. The zero-order valence-electron chi connectivity index (χ0n) is 9.65. The van der Waals surface area contributed by atoms with E-state index >= 15 is 0 Å². The average molecular weight is 204 g/mol. The second-order valence-electron chi connectivity index (χ2n) is 3.67. The maximum Gasteiger partial charge on any atom is 0.0854 e. The fraction of sp³-hybridized carbons (Fsp3) is 0.429. The lowest BCUT2D eigenvalue weighted by Crippen LogP contribution is -2.20. The van der Waals surface area contributed by atoms with Crippen LogP contribution in [0.2, 0.25) is 0 Å². The van der Waals surface area contributed by atoms with Crippen molar-refractivity contribution in [2.24, 2.45) is 5.92 Å². The molecule has 1 nitrogen and oxygen atoms in total. The van der Waals surface area contributed by atoms with Gasteiger partial charge in [0.15, 0.2) is 0 Å². The lowest BCUT2D eigenvalue weighted by Gasteiger charge is -2.23. The monoisotopic (exact) mass is 204 g/mol. The van der Waals surface area contributed by atoms with E-state index in [1.54, 1.807) is 7.11 Å². The molecule has 82 valence electrons. The fourth-order valence-corrected chi connectivity index (χ4v) is 1.88. The first kappa shape index (κ1) is 12.0. The molecule has 0 aromatic rings. The minimum atomic E-state index is 0.0986. The maximum absolute atomic E-state index is 5.46. The highest BCUT2D eigenvalue weighted by molar-refractivity contribution is 5.30. The van der Waals surface area contributed by atoms with Gasteiger partial charge in [0.1, 0.15) is 0 Å². The molecular weight excluding hydrogens is 184 g/mol. The first-order valence-corrected chi connectivity index (χ1v) is 5.48. The molecule has 0 radical (unpaired) electrons. The molecule has 0 aromatic heterocycles. The third kappa shape index (κ3) is 3.21. The van der Waals surface area contributed by atoms with Crippen LogP contribution in [0.1, 0.15) is 19.8 Å². The standard InChI is InChI=1S/C14H20O/c1-4-9-14(15-3)13(5-2)12-10-7-6-8-11-12/h4-5,7,9-11,13-14H,2,6,8H2,1,3H3. The molecule has 1 heteroatoms. The molecule has 1 aliphatic carbocycles. The lowest BCUT2D eigenvalue weighted by molar-refractivity contribution is 0.119. The van der Waals surface area contributed by atoms with Crippen LogP contribution in [0, 0.1) is 5.92 Å². The molecule has 15 heavy (non-hydrogen) atoms. The van der Waals surface area contributed by atoms with Crippen LogP contribution in [0.15, 0.2) is 48.6 Å². The van der Waals surface area contributed by atoms with E-state index < -0.39 is 0 Å². The van der Waals surface area contributed by atoms with Gasteiger partial charge in [-0.25, -0.2) is 0 Å². The highest BCUT2D eigenvalue weighted by Crippen LogP contribution is 2.24. The fourth-order valence-electron chi connectivity index (χ4n) is 1.88. The summed E-state index contributed by atoms with van der Waals surface area (Å²) in [5.74, 6) is 0.266. The van der Waals surface area contributed by atoms with Gasteiger partial charge >= 0.3 is 0 Å². The molecule has 0 fully saturated rings. The van der Waals surface area contributed by atoms with Gasteiger partial charge in [0.05, 0.1) is 6.10 Å². The Morgan fingerprint density at radius 1 is 1.47 bits per heavy atom. The van der Waals surface area contributed by atoms with Crippen LogP contribution < -0.4 is 0 Å². The van der Waals surface area contributed by atoms with Crippen LogP contribution in [-0.2, 0) is 4.74 Å². The molecular formula is C14H20O. The van der Waals surface area contributed by atoms with Crippen molar-refractivity contribution in [3.8, 4) is 0 Å². The first-order valence-electron chi connectivity index (χ1n) is 5.48. The Bertz CT molecular complexity index is 284. The Morgan fingerprint density at radius 2 is 2.27 bits per heavy atom. The topological polar surface area (TPSA) is 9.23 Å². The second-order valence-corrected chi connectivity index (χ2v) is 3.67. The molecule has 0 saturated heterocycles. The van der Waals surface area contributed by atoms with Crippen molar-refractivity contribution < 1.29 is 4.74 Å². The normalized spacial score (nSPS) is 20.0.